The van der Waals surface area contributed by atoms with Crippen LogP contribution in [0.4, 0.5) is 0 Å². The normalized spacial score (nSPS) is 11.8. The summed E-state index contributed by atoms with van der Waals surface area (Å²) < 4.78 is 4.61. The lowest BCUT2D eigenvalue weighted by atomic mass is 10.1. The van der Waals surface area contributed by atoms with Gasteiger partial charge in [-0.15, -0.1) is 0 Å². The summed E-state index contributed by atoms with van der Waals surface area (Å²) in [6.07, 6.45) is 2.96. The van der Waals surface area contributed by atoms with Crippen LogP contribution < -0.4 is 0 Å². The number of esters is 1. The highest BCUT2D eigenvalue weighted by atomic mass is 16.5. The number of hydrogen-bond acceptors (Lipinski definition) is 5. The van der Waals surface area contributed by atoms with Crippen LogP contribution in [0.25, 0.3) is 0 Å². The van der Waals surface area contributed by atoms with Crippen LogP contribution in [0.2, 0.25) is 0 Å². The Morgan fingerprint density at radius 2 is 2.06 bits per heavy atom. The van der Waals surface area contributed by atoms with E-state index in [0.717, 1.165) is 5.69 Å². The maximum absolute atomic E-state index is 12.0. The van der Waals surface area contributed by atoms with E-state index < -0.39 is 0 Å². The van der Waals surface area contributed by atoms with Gasteiger partial charge >= 0.3 is 5.97 Å². The van der Waals surface area contributed by atoms with Crippen molar-refractivity contribution >= 4 is 11.9 Å². The lowest BCUT2D eigenvalue weighted by Crippen LogP contribution is -2.34. The van der Waals surface area contributed by atoms with Gasteiger partial charge in [-0.05, 0) is 6.92 Å². The van der Waals surface area contributed by atoms with Crippen LogP contribution in [0, 0.1) is 12.8 Å². The molecule has 18 heavy (non-hydrogen) atoms. The number of methoxy groups -OCH3 is 1. The van der Waals surface area contributed by atoms with Gasteiger partial charge in [0.25, 0.3) is 5.91 Å². The van der Waals surface area contributed by atoms with Crippen LogP contribution in [0.15, 0.2) is 12.4 Å². The lowest BCUT2D eigenvalue weighted by molar-refractivity contribution is -0.145. The molecule has 0 aliphatic heterocycles. The van der Waals surface area contributed by atoms with E-state index in [0.29, 0.717) is 0 Å². The number of amides is 1. The number of rotatable bonds is 4. The van der Waals surface area contributed by atoms with Gasteiger partial charge in [-0.2, -0.15) is 0 Å². The fourth-order valence-corrected chi connectivity index (χ4v) is 1.47. The van der Waals surface area contributed by atoms with Gasteiger partial charge in [0, 0.05) is 19.8 Å². The van der Waals surface area contributed by atoms with Crippen LogP contribution in [0.5, 0.6) is 0 Å². The van der Waals surface area contributed by atoms with E-state index in [4.69, 9.17) is 0 Å². The van der Waals surface area contributed by atoms with Crippen molar-refractivity contribution in [3.05, 3.63) is 23.8 Å². The molecule has 0 aliphatic rings. The Morgan fingerprint density at radius 3 is 2.56 bits per heavy atom. The van der Waals surface area contributed by atoms with Crippen molar-refractivity contribution < 1.29 is 14.3 Å². The SMILES string of the molecule is COC(=O)C(C)CN(C)C(=O)c1cnc(C)cn1. The predicted octanol–water partition coefficient (Wildman–Crippen LogP) is 0.666. The highest BCUT2D eigenvalue weighted by Crippen LogP contribution is 2.05. The lowest BCUT2D eigenvalue weighted by Gasteiger charge is -2.19. The fraction of sp³-hybridized carbons (Fsp3) is 0.500. The summed E-state index contributed by atoms with van der Waals surface area (Å²) in [7, 11) is 2.94. The van der Waals surface area contributed by atoms with Gasteiger partial charge in [0.05, 0.1) is 24.9 Å². The molecule has 1 heterocycles. The van der Waals surface area contributed by atoms with Crippen LogP contribution >= 0.6 is 0 Å². The molecule has 6 heteroatoms. The van der Waals surface area contributed by atoms with Crippen molar-refractivity contribution in [3.8, 4) is 0 Å². The molecule has 0 N–H and O–H groups in total. The minimum atomic E-state index is -0.373. The first-order valence-electron chi connectivity index (χ1n) is 5.57. The maximum Gasteiger partial charge on any atom is 0.310 e. The third-order valence-corrected chi connectivity index (χ3v) is 2.50. The van der Waals surface area contributed by atoms with Crippen LogP contribution in [0.3, 0.4) is 0 Å². The highest BCUT2D eigenvalue weighted by molar-refractivity contribution is 5.92. The average Bonchev–Trinajstić information content (AvgIpc) is 2.37. The Balaban J connectivity index is 2.67. The first-order valence-corrected chi connectivity index (χ1v) is 5.57. The largest absolute Gasteiger partial charge is 0.469 e. The molecule has 98 valence electrons. The van der Waals surface area contributed by atoms with Gasteiger partial charge in [-0.3, -0.25) is 14.6 Å². The third-order valence-electron chi connectivity index (χ3n) is 2.50. The van der Waals surface area contributed by atoms with E-state index in [9.17, 15) is 9.59 Å². The molecule has 6 nitrogen and oxygen atoms in total. The standard InChI is InChI=1S/C12H17N3O3/c1-8(12(17)18-4)7-15(3)11(16)10-6-13-9(2)5-14-10/h5-6,8H,7H2,1-4H3. The minimum Gasteiger partial charge on any atom is -0.469 e. The zero-order valence-electron chi connectivity index (χ0n) is 11.0. The van der Waals surface area contributed by atoms with E-state index in [1.807, 2.05) is 0 Å². The number of carbonyl (C=O) groups is 2. The Labute approximate surface area is 106 Å². The molecular formula is C12H17N3O3. The molecule has 1 amide bonds. The van der Waals surface area contributed by atoms with Gasteiger partial charge < -0.3 is 9.64 Å². The van der Waals surface area contributed by atoms with Crippen molar-refractivity contribution in [3.63, 3.8) is 0 Å². The van der Waals surface area contributed by atoms with Gasteiger partial charge in [0.15, 0.2) is 0 Å². The average molecular weight is 251 g/mol. The molecule has 0 aromatic carbocycles. The molecule has 0 aliphatic carbocycles. The molecule has 1 unspecified atom stereocenters. The number of ether oxygens (including phenoxy) is 1. The Morgan fingerprint density at radius 1 is 1.39 bits per heavy atom. The zero-order valence-corrected chi connectivity index (χ0v) is 11.0. The molecule has 1 aromatic rings. The summed E-state index contributed by atoms with van der Waals surface area (Å²) in [6.45, 7) is 3.78. The van der Waals surface area contributed by atoms with Gasteiger partial charge in [0.2, 0.25) is 0 Å². The molecule has 1 aromatic heterocycles. The molecule has 1 rings (SSSR count). The van der Waals surface area contributed by atoms with E-state index >= 15 is 0 Å². The molecular weight excluding hydrogens is 234 g/mol. The molecule has 1 atom stereocenters. The number of hydrogen-bond donors (Lipinski definition) is 0. The first kappa shape index (κ1) is 14.1. The zero-order chi connectivity index (χ0) is 13.7. The summed E-state index contributed by atoms with van der Waals surface area (Å²) in [5, 5.41) is 0. The van der Waals surface area contributed by atoms with E-state index in [-0.39, 0.29) is 30.0 Å². The predicted molar refractivity (Wildman–Crippen MR) is 64.9 cm³/mol. The second-order valence-corrected chi connectivity index (χ2v) is 4.15. The Hall–Kier alpha value is -1.98. The third kappa shape index (κ3) is 3.51. The van der Waals surface area contributed by atoms with Crippen LogP contribution in [-0.4, -0.2) is 47.4 Å². The number of nitrogens with zero attached hydrogens (tertiary/aromatic N) is 3. The Bertz CT molecular complexity index is 431. The van der Waals surface area contributed by atoms with E-state index in [1.165, 1.54) is 24.4 Å². The summed E-state index contributed by atoms with van der Waals surface area (Å²) in [6, 6.07) is 0. The van der Waals surface area contributed by atoms with Crippen molar-refractivity contribution in [1.82, 2.24) is 14.9 Å². The molecule has 0 bridgehead atoms. The summed E-state index contributed by atoms with van der Waals surface area (Å²) in [5.41, 5.74) is 1.01. The number of carbonyl (C=O) groups excluding carboxylic acids is 2. The fourth-order valence-electron chi connectivity index (χ4n) is 1.47. The highest BCUT2D eigenvalue weighted by Gasteiger charge is 2.20. The molecule has 0 saturated carbocycles. The summed E-state index contributed by atoms with van der Waals surface area (Å²) >= 11 is 0. The number of aryl methyl sites for hydroxylation is 1. The van der Waals surface area contributed by atoms with Crippen molar-refractivity contribution in [2.75, 3.05) is 20.7 Å². The summed E-state index contributed by atoms with van der Waals surface area (Å²) in [4.78, 5) is 32.7. The smallest absolute Gasteiger partial charge is 0.310 e. The van der Waals surface area contributed by atoms with E-state index in [2.05, 4.69) is 14.7 Å². The van der Waals surface area contributed by atoms with Gasteiger partial charge in [-0.1, -0.05) is 6.92 Å². The second kappa shape index (κ2) is 6.09. The van der Waals surface area contributed by atoms with Crippen molar-refractivity contribution in [2.45, 2.75) is 13.8 Å². The van der Waals surface area contributed by atoms with Crippen LogP contribution in [0.1, 0.15) is 23.1 Å². The summed E-state index contributed by atoms with van der Waals surface area (Å²) in [5.74, 6) is -0.981. The minimum absolute atomic E-state index is 0.264. The van der Waals surface area contributed by atoms with Gasteiger partial charge in [-0.25, -0.2) is 4.98 Å². The van der Waals surface area contributed by atoms with Crippen molar-refractivity contribution in [1.29, 1.82) is 0 Å². The van der Waals surface area contributed by atoms with Crippen LogP contribution in [-0.2, 0) is 9.53 Å². The maximum atomic E-state index is 12.0. The van der Waals surface area contributed by atoms with Crippen molar-refractivity contribution in [2.24, 2.45) is 5.92 Å². The Kier molecular flexibility index (Phi) is 4.76. The molecule has 0 radical (unpaired) electrons. The quantitative estimate of drug-likeness (QED) is 0.735. The number of aromatic nitrogens is 2. The second-order valence-electron chi connectivity index (χ2n) is 4.15. The van der Waals surface area contributed by atoms with Gasteiger partial charge in [0.1, 0.15) is 5.69 Å². The molecule has 0 spiro atoms. The topological polar surface area (TPSA) is 72.4 Å². The first-order chi connectivity index (χ1) is 8.45. The van der Waals surface area contributed by atoms with E-state index in [1.54, 1.807) is 20.9 Å². The monoisotopic (exact) mass is 251 g/mol. The molecule has 0 fully saturated rings. The molecule has 0 saturated heterocycles.